The molecule has 0 aliphatic carbocycles. The summed E-state index contributed by atoms with van der Waals surface area (Å²) in [4.78, 5) is 21.5. The van der Waals surface area contributed by atoms with Gasteiger partial charge in [-0.05, 0) is 6.07 Å². The van der Waals surface area contributed by atoms with Crippen LogP contribution in [0.5, 0.6) is 5.75 Å². The molecule has 0 radical (unpaired) electrons. The van der Waals surface area contributed by atoms with Crippen molar-refractivity contribution in [1.82, 2.24) is 9.97 Å². The third-order valence-electron chi connectivity index (χ3n) is 2.23. The van der Waals surface area contributed by atoms with Crippen LogP contribution in [0.15, 0.2) is 22.1 Å². The Labute approximate surface area is 78.4 Å². The van der Waals surface area contributed by atoms with Gasteiger partial charge in [0.2, 0.25) is 0 Å². The van der Waals surface area contributed by atoms with Gasteiger partial charge in [-0.15, -0.1) is 0 Å². The molecule has 2 aromatic rings. The first kappa shape index (κ1) is 7.37. The fourth-order valence-corrected chi connectivity index (χ4v) is 1.58. The van der Waals surface area contributed by atoms with E-state index in [4.69, 9.17) is 4.84 Å². The molecular formula is C9H7N3O2. The molecule has 0 unspecified atom stereocenters. The van der Waals surface area contributed by atoms with E-state index in [-0.39, 0.29) is 5.69 Å². The van der Waals surface area contributed by atoms with Crippen LogP contribution in [0.2, 0.25) is 0 Å². The summed E-state index contributed by atoms with van der Waals surface area (Å²) in [5, 5.41) is 3.70. The lowest BCUT2D eigenvalue weighted by molar-refractivity contribution is 0.334. The molecule has 5 nitrogen and oxygen atoms in total. The van der Waals surface area contributed by atoms with E-state index in [0.717, 1.165) is 23.0 Å². The highest BCUT2D eigenvalue weighted by atomic mass is 16.6. The minimum absolute atomic E-state index is 0.205. The first-order chi connectivity index (χ1) is 6.83. The summed E-state index contributed by atoms with van der Waals surface area (Å²) in [6, 6.07) is 3.67. The zero-order valence-corrected chi connectivity index (χ0v) is 7.20. The normalized spacial score (nSPS) is 14.0. The molecule has 5 heteroatoms. The van der Waals surface area contributed by atoms with Crippen LogP contribution in [-0.2, 0) is 6.42 Å². The van der Waals surface area contributed by atoms with Gasteiger partial charge in [-0.2, -0.15) is 0 Å². The monoisotopic (exact) mass is 189 g/mol. The molecule has 0 atom stereocenters. The highest BCUT2D eigenvalue weighted by Gasteiger charge is 2.10. The predicted molar refractivity (Wildman–Crippen MR) is 51.7 cm³/mol. The van der Waals surface area contributed by atoms with Crippen molar-refractivity contribution in [2.75, 3.05) is 0 Å². The maximum Gasteiger partial charge on any atom is 0.323 e. The number of H-pyrrole nitrogens is 2. The van der Waals surface area contributed by atoms with E-state index >= 15 is 0 Å². The second-order valence-electron chi connectivity index (χ2n) is 3.17. The van der Waals surface area contributed by atoms with E-state index in [0.29, 0.717) is 5.75 Å². The Hall–Kier alpha value is -2.04. The van der Waals surface area contributed by atoms with Gasteiger partial charge in [-0.3, -0.25) is 0 Å². The summed E-state index contributed by atoms with van der Waals surface area (Å²) in [5.74, 6) is 0.704. The van der Waals surface area contributed by atoms with Gasteiger partial charge >= 0.3 is 5.69 Å². The molecule has 0 saturated carbocycles. The Morgan fingerprint density at radius 2 is 2.07 bits per heavy atom. The molecule has 1 aromatic heterocycles. The number of hydrogen-bond acceptors (Lipinski definition) is 3. The zero-order chi connectivity index (χ0) is 9.54. The molecule has 1 aliphatic rings. The molecule has 0 bridgehead atoms. The van der Waals surface area contributed by atoms with Gasteiger partial charge in [0.05, 0.1) is 11.0 Å². The molecular weight excluding hydrogens is 182 g/mol. The van der Waals surface area contributed by atoms with E-state index in [2.05, 4.69) is 15.1 Å². The number of hydrogen-bond donors (Lipinski definition) is 2. The Kier molecular flexibility index (Phi) is 1.30. The molecule has 0 amide bonds. The number of nitrogens with one attached hydrogen (secondary N) is 2. The fourth-order valence-electron chi connectivity index (χ4n) is 1.58. The standard InChI is InChI=1S/C9H7N3O2/c13-9-11-6-3-5-1-2-10-14-8(5)4-7(6)12-9/h2-4H,1H2,(H2,11,12,13). The van der Waals surface area contributed by atoms with Crippen molar-refractivity contribution in [2.45, 2.75) is 6.42 Å². The number of aromatic amines is 2. The van der Waals surface area contributed by atoms with E-state index < -0.39 is 0 Å². The van der Waals surface area contributed by atoms with E-state index in [1.165, 1.54) is 0 Å². The van der Waals surface area contributed by atoms with Gasteiger partial charge < -0.3 is 14.8 Å². The van der Waals surface area contributed by atoms with Gasteiger partial charge in [-0.25, -0.2) is 4.79 Å². The van der Waals surface area contributed by atoms with Crippen LogP contribution in [0, 0.1) is 0 Å². The summed E-state index contributed by atoms with van der Waals surface area (Å²) in [6.45, 7) is 0. The lowest BCUT2D eigenvalue weighted by Crippen LogP contribution is -1.99. The number of nitrogens with zero attached hydrogens (tertiary/aromatic N) is 1. The number of imidazole rings is 1. The SMILES string of the molecule is O=c1[nH]c2cc3c(cc2[nH]1)ON=CC3. The number of aromatic nitrogens is 2. The van der Waals surface area contributed by atoms with Crippen molar-refractivity contribution in [3.8, 4) is 5.75 Å². The average molecular weight is 189 g/mol. The number of rotatable bonds is 0. The summed E-state index contributed by atoms with van der Waals surface area (Å²) < 4.78 is 0. The minimum atomic E-state index is -0.205. The molecule has 2 heterocycles. The number of fused-ring (bicyclic) bond motifs is 2. The van der Waals surface area contributed by atoms with E-state index in [1.54, 1.807) is 12.3 Å². The third kappa shape index (κ3) is 0.953. The molecule has 0 saturated heterocycles. The topological polar surface area (TPSA) is 70.2 Å². The largest absolute Gasteiger partial charge is 0.357 e. The van der Waals surface area contributed by atoms with Crippen LogP contribution in [0.3, 0.4) is 0 Å². The van der Waals surface area contributed by atoms with Crippen LogP contribution < -0.4 is 10.5 Å². The van der Waals surface area contributed by atoms with Crippen molar-refractivity contribution in [3.05, 3.63) is 28.2 Å². The lowest BCUT2D eigenvalue weighted by Gasteiger charge is -2.08. The van der Waals surface area contributed by atoms with Gasteiger partial charge in [0.1, 0.15) is 0 Å². The maximum atomic E-state index is 11.0. The van der Waals surface area contributed by atoms with Crippen LogP contribution in [0.1, 0.15) is 5.56 Å². The van der Waals surface area contributed by atoms with Gasteiger partial charge in [-0.1, -0.05) is 5.16 Å². The van der Waals surface area contributed by atoms with Crippen LogP contribution in [-0.4, -0.2) is 16.2 Å². The second kappa shape index (κ2) is 2.47. The Morgan fingerprint density at radius 1 is 1.29 bits per heavy atom. The smallest absolute Gasteiger partial charge is 0.323 e. The quantitative estimate of drug-likeness (QED) is 0.642. The highest BCUT2D eigenvalue weighted by molar-refractivity contribution is 5.80. The van der Waals surface area contributed by atoms with Crippen LogP contribution >= 0.6 is 0 Å². The Bertz CT molecular complexity index is 531. The minimum Gasteiger partial charge on any atom is -0.357 e. The summed E-state index contributed by atoms with van der Waals surface area (Å²) in [5.41, 5.74) is 2.37. The predicted octanol–water partition coefficient (Wildman–Crippen LogP) is 0.777. The van der Waals surface area contributed by atoms with E-state index in [1.807, 2.05) is 6.07 Å². The Morgan fingerprint density at radius 3 is 2.93 bits per heavy atom. The molecule has 3 rings (SSSR count). The summed E-state index contributed by atoms with van der Waals surface area (Å²) in [6.07, 6.45) is 2.43. The molecule has 1 aromatic carbocycles. The van der Waals surface area contributed by atoms with Crippen molar-refractivity contribution in [2.24, 2.45) is 5.16 Å². The van der Waals surface area contributed by atoms with Crippen LogP contribution in [0.4, 0.5) is 0 Å². The number of benzene rings is 1. The summed E-state index contributed by atoms with van der Waals surface area (Å²) >= 11 is 0. The molecule has 1 aliphatic heterocycles. The van der Waals surface area contributed by atoms with Crippen molar-refractivity contribution >= 4 is 17.2 Å². The highest BCUT2D eigenvalue weighted by Crippen LogP contribution is 2.25. The van der Waals surface area contributed by atoms with Gasteiger partial charge in [0, 0.05) is 24.3 Å². The second-order valence-corrected chi connectivity index (χ2v) is 3.17. The van der Waals surface area contributed by atoms with Crippen molar-refractivity contribution in [1.29, 1.82) is 0 Å². The molecule has 14 heavy (non-hydrogen) atoms. The lowest BCUT2D eigenvalue weighted by atomic mass is 10.1. The van der Waals surface area contributed by atoms with E-state index in [9.17, 15) is 4.79 Å². The molecule has 0 fully saturated rings. The third-order valence-corrected chi connectivity index (χ3v) is 2.23. The van der Waals surface area contributed by atoms with Crippen LogP contribution in [0.25, 0.3) is 11.0 Å². The first-order valence-corrected chi connectivity index (χ1v) is 4.27. The molecule has 2 N–H and O–H groups in total. The maximum absolute atomic E-state index is 11.0. The first-order valence-electron chi connectivity index (χ1n) is 4.27. The Balaban J connectivity index is 2.34. The van der Waals surface area contributed by atoms with Crippen molar-refractivity contribution < 1.29 is 4.84 Å². The molecule has 70 valence electrons. The number of oxime groups is 1. The zero-order valence-electron chi connectivity index (χ0n) is 7.20. The molecule has 0 spiro atoms. The van der Waals surface area contributed by atoms with Gasteiger partial charge in [0.25, 0.3) is 0 Å². The fraction of sp³-hybridized carbons (Fsp3) is 0.111. The van der Waals surface area contributed by atoms with Gasteiger partial charge in [0.15, 0.2) is 5.75 Å². The van der Waals surface area contributed by atoms with Crippen molar-refractivity contribution in [3.63, 3.8) is 0 Å². The summed E-state index contributed by atoms with van der Waals surface area (Å²) in [7, 11) is 0. The average Bonchev–Trinajstić information content (AvgIpc) is 2.53.